The number of aryl methyl sites for hydroxylation is 1. The Morgan fingerprint density at radius 2 is 2.00 bits per heavy atom. The zero-order valence-electron chi connectivity index (χ0n) is 13.5. The topological polar surface area (TPSA) is 20.3 Å². The van der Waals surface area contributed by atoms with Crippen LogP contribution in [0.3, 0.4) is 0 Å². The van der Waals surface area contributed by atoms with Crippen LogP contribution in [0.4, 0.5) is 4.39 Å². The number of carbonyl (C=O) groups is 1. The van der Waals surface area contributed by atoms with Crippen LogP contribution in [-0.4, -0.2) is 29.6 Å². The summed E-state index contributed by atoms with van der Waals surface area (Å²) in [6.45, 7) is 3.33. The molecule has 2 aromatic rings. The number of rotatable bonds is 2. The highest BCUT2D eigenvalue weighted by atomic mass is 35.5. The van der Waals surface area contributed by atoms with Crippen LogP contribution in [0, 0.1) is 12.7 Å². The Balaban J connectivity index is 1.76. The maximum atomic E-state index is 14.0. The molecule has 0 aromatic heterocycles. The van der Waals surface area contributed by atoms with Gasteiger partial charge in [-0.15, -0.1) is 0 Å². The van der Waals surface area contributed by atoms with Crippen molar-refractivity contribution in [3.8, 4) is 0 Å². The van der Waals surface area contributed by atoms with Crippen LogP contribution in [0.15, 0.2) is 42.5 Å². The number of benzene rings is 2. The van der Waals surface area contributed by atoms with Gasteiger partial charge in [0.2, 0.25) is 0 Å². The summed E-state index contributed by atoms with van der Waals surface area (Å²) in [7, 11) is 0. The van der Waals surface area contributed by atoms with E-state index < -0.39 is 5.82 Å². The van der Waals surface area contributed by atoms with Crippen molar-refractivity contribution >= 4 is 29.3 Å². The zero-order valence-corrected chi connectivity index (χ0v) is 15.0. The summed E-state index contributed by atoms with van der Waals surface area (Å²) in [5.74, 6) is -0.0411. The molecule has 0 spiro atoms. The average Bonchev–Trinajstić information content (AvgIpc) is 2.81. The molecule has 1 atom stereocenters. The van der Waals surface area contributed by atoms with E-state index in [1.807, 2.05) is 17.8 Å². The molecular formula is C19H19ClFNOS. The molecule has 0 aliphatic carbocycles. The number of thioether (sulfide) groups is 1. The SMILES string of the molecule is Cc1ccccc1C1CCN(C(=O)c2c(F)cccc2Cl)CCS1. The van der Waals surface area contributed by atoms with E-state index in [0.29, 0.717) is 18.3 Å². The van der Waals surface area contributed by atoms with Gasteiger partial charge in [-0.3, -0.25) is 4.79 Å². The van der Waals surface area contributed by atoms with Crippen LogP contribution in [0.2, 0.25) is 5.02 Å². The van der Waals surface area contributed by atoms with E-state index in [9.17, 15) is 9.18 Å². The van der Waals surface area contributed by atoms with Crippen LogP contribution < -0.4 is 0 Å². The fourth-order valence-electron chi connectivity index (χ4n) is 3.03. The fourth-order valence-corrected chi connectivity index (χ4v) is 4.60. The van der Waals surface area contributed by atoms with Gasteiger partial charge >= 0.3 is 0 Å². The highest BCUT2D eigenvalue weighted by molar-refractivity contribution is 7.99. The zero-order chi connectivity index (χ0) is 17.1. The lowest BCUT2D eigenvalue weighted by Crippen LogP contribution is -2.33. The maximum absolute atomic E-state index is 14.0. The van der Waals surface area contributed by atoms with E-state index in [4.69, 9.17) is 11.6 Å². The molecule has 126 valence electrons. The lowest BCUT2D eigenvalue weighted by Gasteiger charge is -2.21. The summed E-state index contributed by atoms with van der Waals surface area (Å²) in [6, 6.07) is 12.7. The number of halogens is 2. The Hall–Kier alpha value is -1.52. The lowest BCUT2D eigenvalue weighted by molar-refractivity contribution is 0.0762. The van der Waals surface area contributed by atoms with E-state index in [1.165, 1.54) is 23.3 Å². The molecule has 5 heteroatoms. The molecule has 1 saturated heterocycles. The Morgan fingerprint density at radius 3 is 2.75 bits per heavy atom. The third-order valence-corrected chi connectivity index (χ3v) is 5.97. The molecule has 0 saturated carbocycles. The van der Waals surface area contributed by atoms with Gasteiger partial charge in [0.25, 0.3) is 5.91 Å². The van der Waals surface area contributed by atoms with Crippen LogP contribution in [0.25, 0.3) is 0 Å². The Bertz CT molecular complexity index is 732. The van der Waals surface area contributed by atoms with Crippen LogP contribution >= 0.6 is 23.4 Å². The smallest absolute Gasteiger partial charge is 0.258 e. The van der Waals surface area contributed by atoms with Crippen molar-refractivity contribution in [3.05, 3.63) is 70.0 Å². The Kier molecular flexibility index (Phi) is 5.47. The predicted octanol–water partition coefficient (Wildman–Crippen LogP) is 5.11. The molecule has 0 radical (unpaired) electrons. The summed E-state index contributed by atoms with van der Waals surface area (Å²) in [6.07, 6.45) is 0.854. The number of hydrogen-bond acceptors (Lipinski definition) is 2. The third kappa shape index (κ3) is 3.60. The van der Waals surface area contributed by atoms with Gasteiger partial charge in [-0.25, -0.2) is 4.39 Å². The Labute approximate surface area is 151 Å². The van der Waals surface area contributed by atoms with E-state index >= 15 is 0 Å². The highest BCUT2D eigenvalue weighted by Crippen LogP contribution is 2.36. The second-order valence-corrected chi connectivity index (χ2v) is 7.61. The minimum atomic E-state index is -0.556. The highest BCUT2D eigenvalue weighted by Gasteiger charge is 2.26. The third-order valence-electron chi connectivity index (χ3n) is 4.34. The van der Waals surface area contributed by atoms with Crippen molar-refractivity contribution in [2.45, 2.75) is 18.6 Å². The van der Waals surface area contributed by atoms with E-state index in [1.54, 1.807) is 11.0 Å². The molecule has 1 aliphatic rings. The maximum Gasteiger partial charge on any atom is 0.258 e. The number of carbonyl (C=O) groups excluding carboxylic acids is 1. The van der Waals surface area contributed by atoms with Gasteiger partial charge in [0.15, 0.2) is 0 Å². The molecule has 0 bridgehead atoms. The molecule has 1 aliphatic heterocycles. The van der Waals surface area contributed by atoms with Gasteiger partial charge in [-0.2, -0.15) is 11.8 Å². The van der Waals surface area contributed by atoms with E-state index in [-0.39, 0.29) is 16.5 Å². The summed E-state index contributed by atoms with van der Waals surface area (Å²) in [5, 5.41) is 0.535. The second-order valence-electron chi connectivity index (χ2n) is 5.89. The van der Waals surface area contributed by atoms with Gasteiger partial charge in [0.1, 0.15) is 5.82 Å². The first-order valence-electron chi connectivity index (χ1n) is 7.98. The number of amides is 1. The van der Waals surface area contributed by atoms with E-state index in [2.05, 4.69) is 25.1 Å². The van der Waals surface area contributed by atoms with Crippen LogP contribution in [-0.2, 0) is 0 Å². The van der Waals surface area contributed by atoms with Gasteiger partial charge in [-0.05, 0) is 36.6 Å². The number of hydrogen-bond donors (Lipinski definition) is 0. The summed E-state index contributed by atoms with van der Waals surface area (Å²) < 4.78 is 14.0. The first kappa shape index (κ1) is 17.3. The molecule has 24 heavy (non-hydrogen) atoms. The minimum absolute atomic E-state index is 0.0153. The summed E-state index contributed by atoms with van der Waals surface area (Å²) >= 11 is 7.89. The molecule has 2 aromatic carbocycles. The molecule has 1 amide bonds. The molecule has 1 fully saturated rings. The van der Waals surface area contributed by atoms with Gasteiger partial charge in [0, 0.05) is 24.1 Å². The van der Waals surface area contributed by atoms with Gasteiger partial charge < -0.3 is 4.90 Å². The molecular weight excluding hydrogens is 345 g/mol. The van der Waals surface area contributed by atoms with Crippen molar-refractivity contribution in [2.75, 3.05) is 18.8 Å². The molecule has 2 nitrogen and oxygen atoms in total. The fraction of sp³-hybridized carbons (Fsp3) is 0.316. The largest absolute Gasteiger partial charge is 0.338 e. The summed E-state index contributed by atoms with van der Waals surface area (Å²) in [4.78, 5) is 14.4. The summed E-state index contributed by atoms with van der Waals surface area (Å²) in [5.41, 5.74) is 2.58. The quantitative estimate of drug-likeness (QED) is 0.739. The standard InChI is InChI=1S/C19H19ClFNOS/c1-13-5-2-3-6-14(13)17-9-10-22(11-12-24-17)19(23)18-15(20)7-4-8-16(18)21/h2-8,17H,9-12H2,1H3. The molecule has 1 unspecified atom stereocenters. The predicted molar refractivity (Wildman–Crippen MR) is 98.3 cm³/mol. The van der Waals surface area contributed by atoms with Crippen molar-refractivity contribution in [1.82, 2.24) is 4.90 Å². The first-order chi connectivity index (χ1) is 11.6. The monoisotopic (exact) mass is 363 g/mol. The molecule has 0 N–H and O–H groups in total. The van der Waals surface area contributed by atoms with E-state index in [0.717, 1.165) is 12.2 Å². The van der Waals surface area contributed by atoms with Crippen LogP contribution in [0.5, 0.6) is 0 Å². The second kappa shape index (κ2) is 7.58. The van der Waals surface area contributed by atoms with Crippen molar-refractivity contribution in [2.24, 2.45) is 0 Å². The lowest BCUT2D eigenvalue weighted by atomic mass is 10.0. The average molecular weight is 364 g/mol. The first-order valence-corrected chi connectivity index (χ1v) is 9.41. The van der Waals surface area contributed by atoms with Crippen molar-refractivity contribution < 1.29 is 9.18 Å². The van der Waals surface area contributed by atoms with Gasteiger partial charge in [0.05, 0.1) is 10.6 Å². The van der Waals surface area contributed by atoms with Crippen molar-refractivity contribution in [3.63, 3.8) is 0 Å². The Morgan fingerprint density at radius 1 is 1.21 bits per heavy atom. The van der Waals surface area contributed by atoms with Crippen LogP contribution in [0.1, 0.15) is 33.2 Å². The van der Waals surface area contributed by atoms with Gasteiger partial charge in [-0.1, -0.05) is 41.9 Å². The number of nitrogens with zero attached hydrogens (tertiary/aromatic N) is 1. The molecule has 3 rings (SSSR count). The molecule has 1 heterocycles. The normalized spacial score (nSPS) is 18.3. The minimum Gasteiger partial charge on any atom is -0.338 e. The van der Waals surface area contributed by atoms with Crippen molar-refractivity contribution in [1.29, 1.82) is 0 Å².